The number of nitrogens with zero attached hydrogens (tertiary/aromatic N) is 2. The number of likely N-dealkylation sites (tertiary alicyclic amines) is 1. The third-order valence-electron chi connectivity index (χ3n) is 5.35. The van der Waals surface area contributed by atoms with Gasteiger partial charge < -0.3 is 5.32 Å². The van der Waals surface area contributed by atoms with Crippen LogP contribution in [0.2, 0.25) is 0 Å². The molecule has 2 unspecified atom stereocenters. The van der Waals surface area contributed by atoms with Gasteiger partial charge in [0.1, 0.15) is 5.82 Å². The largest absolute Gasteiger partial charge is 0.343 e. The zero-order valence-corrected chi connectivity index (χ0v) is 16.9. The lowest BCUT2D eigenvalue weighted by Gasteiger charge is -2.37. The topological polar surface area (TPSA) is 45.2 Å². The van der Waals surface area contributed by atoms with Gasteiger partial charge in [-0.05, 0) is 66.6 Å². The molecule has 0 saturated carbocycles. The van der Waals surface area contributed by atoms with Crippen molar-refractivity contribution in [2.45, 2.75) is 25.4 Å². The van der Waals surface area contributed by atoms with E-state index < -0.39 is 0 Å². The summed E-state index contributed by atoms with van der Waals surface area (Å²) >= 11 is 1.44. The summed E-state index contributed by atoms with van der Waals surface area (Å²) in [5, 5.41) is 5.13. The van der Waals surface area contributed by atoms with Gasteiger partial charge in [-0.2, -0.15) is 0 Å². The summed E-state index contributed by atoms with van der Waals surface area (Å²) in [5.74, 6) is -0.0142. The lowest BCUT2D eigenvalue weighted by molar-refractivity contribution is 0.0879. The van der Waals surface area contributed by atoms with Crippen LogP contribution in [0.5, 0.6) is 0 Å². The molecule has 1 amide bonds. The predicted octanol–water partition coefficient (Wildman–Crippen LogP) is 4.67. The molecule has 1 aliphatic rings. The SMILES string of the molecule is O=C(NC(c1ccccn1)C1CCCN(Cc2cccc(F)c2)C1)c1cccs1. The van der Waals surface area contributed by atoms with Crippen LogP contribution in [0.4, 0.5) is 4.39 Å². The Bertz CT molecular complexity index is 932. The second kappa shape index (κ2) is 9.29. The molecule has 0 aliphatic carbocycles. The van der Waals surface area contributed by atoms with E-state index in [0.717, 1.165) is 37.2 Å². The minimum absolute atomic E-state index is 0.0575. The second-order valence-electron chi connectivity index (χ2n) is 7.45. The molecule has 1 aliphatic heterocycles. The number of thiophene rings is 1. The van der Waals surface area contributed by atoms with Crippen LogP contribution in [-0.4, -0.2) is 28.9 Å². The number of carbonyl (C=O) groups is 1. The number of halogens is 1. The van der Waals surface area contributed by atoms with E-state index in [9.17, 15) is 9.18 Å². The molecule has 4 nitrogen and oxygen atoms in total. The lowest BCUT2D eigenvalue weighted by atomic mass is 9.88. The molecule has 2 atom stereocenters. The van der Waals surface area contributed by atoms with Crippen LogP contribution in [0.25, 0.3) is 0 Å². The number of amides is 1. The van der Waals surface area contributed by atoms with Crippen molar-refractivity contribution in [3.63, 3.8) is 0 Å². The number of piperidine rings is 1. The summed E-state index contributed by atoms with van der Waals surface area (Å²) < 4.78 is 13.6. The molecule has 1 fully saturated rings. The van der Waals surface area contributed by atoms with Crippen molar-refractivity contribution in [1.29, 1.82) is 0 Å². The molecule has 0 spiro atoms. The van der Waals surface area contributed by atoms with Gasteiger partial charge in [-0.25, -0.2) is 4.39 Å². The van der Waals surface area contributed by atoms with Gasteiger partial charge in [-0.3, -0.25) is 14.7 Å². The first-order chi connectivity index (χ1) is 14.2. The molecule has 0 radical (unpaired) electrons. The van der Waals surface area contributed by atoms with Gasteiger partial charge in [0.15, 0.2) is 0 Å². The summed E-state index contributed by atoms with van der Waals surface area (Å²) in [5.41, 5.74) is 1.86. The molecule has 29 heavy (non-hydrogen) atoms. The molecule has 3 aromatic rings. The molecule has 4 rings (SSSR count). The zero-order valence-electron chi connectivity index (χ0n) is 16.1. The maximum absolute atomic E-state index is 13.6. The summed E-state index contributed by atoms with van der Waals surface area (Å²) in [6.45, 7) is 2.52. The van der Waals surface area contributed by atoms with Gasteiger partial charge in [-0.15, -0.1) is 11.3 Å². The fraction of sp³-hybridized carbons (Fsp3) is 0.304. The van der Waals surface area contributed by atoms with Crippen LogP contribution in [0.15, 0.2) is 66.2 Å². The van der Waals surface area contributed by atoms with Crippen LogP contribution < -0.4 is 5.32 Å². The molecule has 1 N–H and O–H groups in total. The summed E-state index contributed by atoms with van der Waals surface area (Å²) in [6, 6.07) is 16.2. The number of hydrogen-bond acceptors (Lipinski definition) is 4. The normalized spacial score (nSPS) is 18.3. The van der Waals surface area contributed by atoms with Crippen LogP contribution in [0, 0.1) is 11.7 Å². The zero-order chi connectivity index (χ0) is 20.1. The van der Waals surface area contributed by atoms with E-state index >= 15 is 0 Å². The van der Waals surface area contributed by atoms with E-state index in [-0.39, 0.29) is 23.7 Å². The van der Waals surface area contributed by atoms with Gasteiger partial charge in [-0.1, -0.05) is 24.3 Å². The van der Waals surface area contributed by atoms with E-state index in [4.69, 9.17) is 0 Å². The van der Waals surface area contributed by atoms with Crippen LogP contribution >= 0.6 is 11.3 Å². The number of hydrogen-bond donors (Lipinski definition) is 1. The highest BCUT2D eigenvalue weighted by atomic mass is 32.1. The maximum atomic E-state index is 13.6. The van der Waals surface area contributed by atoms with Gasteiger partial charge >= 0.3 is 0 Å². The van der Waals surface area contributed by atoms with Gasteiger partial charge in [0.25, 0.3) is 5.91 Å². The first kappa shape index (κ1) is 19.7. The third kappa shape index (κ3) is 5.08. The van der Waals surface area contributed by atoms with Crippen molar-refractivity contribution in [1.82, 2.24) is 15.2 Å². The highest BCUT2D eigenvalue weighted by Crippen LogP contribution is 2.30. The van der Waals surface area contributed by atoms with Crippen molar-refractivity contribution >= 4 is 17.2 Å². The van der Waals surface area contributed by atoms with Crippen LogP contribution in [-0.2, 0) is 6.54 Å². The summed E-state index contributed by atoms with van der Waals surface area (Å²) in [7, 11) is 0. The molecule has 6 heteroatoms. The van der Waals surface area contributed by atoms with E-state index in [0.29, 0.717) is 11.4 Å². The Kier molecular flexibility index (Phi) is 6.32. The highest BCUT2D eigenvalue weighted by Gasteiger charge is 2.30. The maximum Gasteiger partial charge on any atom is 0.261 e. The van der Waals surface area contributed by atoms with Gasteiger partial charge in [0, 0.05) is 19.3 Å². The Morgan fingerprint density at radius 3 is 2.93 bits per heavy atom. The molecule has 150 valence electrons. The number of nitrogens with one attached hydrogen (secondary N) is 1. The van der Waals surface area contributed by atoms with Crippen LogP contribution in [0.3, 0.4) is 0 Å². The molecule has 1 saturated heterocycles. The van der Waals surface area contributed by atoms with E-state index in [2.05, 4.69) is 15.2 Å². The average molecular weight is 410 g/mol. The number of aromatic nitrogens is 1. The third-order valence-corrected chi connectivity index (χ3v) is 6.22. The minimum atomic E-state index is -0.203. The average Bonchev–Trinajstić information content (AvgIpc) is 3.28. The first-order valence-corrected chi connectivity index (χ1v) is 10.8. The van der Waals surface area contributed by atoms with Crippen molar-refractivity contribution < 1.29 is 9.18 Å². The first-order valence-electron chi connectivity index (χ1n) is 9.91. The summed E-state index contributed by atoms with van der Waals surface area (Å²) in [4.78, 5) is 20.3. The Morgan fingerprint density at radius 1 is 1.24 bits per heavy atom. The van der Waals surface area contributed by atoms with Crippen LogP contribution in [0.1, 0.15) is 39.8 Å². The molecule has 3 heterocycles. The second-order valence-corrected chi connectivity index (χ2v) is 8.40. The number of benzene rings is 1. The number of rotatable bonds is 6. The lowest BCUT2D eigenvalue weighted by Crippen LogP contribution is -2.43. The fourth-order valence-electron chi connectivity index (χ4n) is 4.01. The molecule has 0 bridgehead atoms. The van der Waals surface area contributed by atoms with Crippen molar-refractivity contribution in [2.24, 2.45) is 5.92 Å². The quantitative estimate of drug-likeness (QED) is 0.644. The smallest absolute Gasteiger partial charge is 0.261 e. The van der Waals surface area contributed by atoms with Crippen molar-refractivity contribution in [2.75, 3.05) is 13.1 Å². The molecular formula is C23H24FN3OS. The monoisotopic (exact) mass is 409 g/mol. The Labute approximate surface area is 174 Å². The molecular weight excluding hydrogens is 385 g/mol. The number of carbonyl (C=O) groups excluding carboxylic acids is 1. The molecule has 1 aromatic carbocycles. The minimum Gasteiger partial charge on any atom is -0.343 e. The standard InChI is InChI=1S/C23H24FN3OS/c24-19-8-3-6-17(14-19)15-27-12-4-7-18(16-27)22(20-9-1-2-11-25-20)26-23(28)21-10-5-13-29-21/h1-3,5-6,8-11,13-14,18,22H,4,7,12,15-16H2,(H,26,28). The van der Waals surface area contributed by atoms with Crippen molar-refractivity contribution in [3.8, 4) is 0 Å². The van der Waals surface area contributed by atoms with E-state index in [1.807, 2.05) is 41.8 Å². The fourth-order valence-corrected chi connectivity index (χ4v) is 4.64. The highest BCUT2D eigenvalue weighted by molar-refractivity contribution is 7.12. The summed E-state index contributed by atoms with van der Waals surface area (Å²) in [6.07, 6.45) is 3.83. The Hall–Kier alpha value is -2.57. The van der Waals surface area contributed by atoms with E-state index in [1.54, 1.807) is 18.3 Å². The van der Waals surface area contributed by atoms with Gasteiger partial charge in [0.05, 0.1) is 16.6 Å². The molecule has 2 aromatic heterocycles. The van der Waals surface area contributed by atoms with E-state index in [1.165, 1.54) is 17.4 Å². The Morgan fingerprint density at radius 2 is 2.17 bits per heavy atom. The Balaban J connectivity index is 1.51. The predicted molar refractivity (Wildman–Crippen MR) is 113 cm³/mol. The van der Waals surface area contributed by atoms with Gasteiger partial charge in [0.2, 0.25) is 0 Å². The number of pyridine rings is 1. The van der Waals surface area contributed by atoms with Crippen molar-refractivity contribution in [3.05, 3.63) is 88.1 Å².